The van der Waals surface area contributed by atoms with Crippen LogP contribution in [0.4, 0.5) is 0 Å². The maximum atomic E-state index is 6.03. The minimum Gasteiger partial charge on any atom is -0.491 e. The van der Waals surface area contributed by atoms with Crippen LogP contribution in [0.25, 0.3) is 0 Å². The minimum atomic E-state index is -0.107. The van der Waals surface area contributed by atoms with E-state index in [1.54, 1.807) is 0 Å². The molecule has 2 aromatic rings. The van der Waals surface area contributed by atoms with Gasteiger partial charge in [-0.25, -0.2) is 0 Å². The van der Waals surface area contributed by atoms with Gasteiger partial charge in [0.15, 0.2) is 0 Å². The van der Waals surface area contributed by atoms with Crippen LogP contribution in [-0.2, 0) is 4.74 Å². The molecule has 0 aliphatic carbocycles. The summed E-state index contributed by atoms with van der Waals surface area (Å²) in [5, 5.41) is 0. The molecule has 0 heterocycles. The van der Waals surface area contributed by atoms with Crippen molar-refractivity contribution in [1.82, 2.24) is 0 Å². The molecule has 0 amide bonds. The average Bonchev–Trinajstić information content (AvgIpc) is 2.49. The van der Waals surface area contributed by atoms with Gasteiger partial charge in [0.1, 0.15) is 12.4 Å². The highest BCUT2D eigenvalue weighted by molar-refractivity contribution is 5.24. The van der Waals surface area contributed by atoms with Crippen molar-refractivity contribution in [2.24, 2.45) is 5.73 Å². The number of aryl methyl sites for hydroxylation is 1. The Morgan fingerprint density at radius 3 is 2.24 bits per heavy atom. The fraction of sp³-hybridized carbons (Fsp3) is 0.333. The Labute approximate surface area is 126 Å². The first-order chi connectivity index (χ1) is 10.2. The van der Waals surface area contributed by atoms with Gasteiger partial charge >= 0.3 is 0 Å². The van der Waals surface area contributed by atoms with Crippen LogP contribution in [0.1, 0.15) is 24.2 Å². The molecule has 2 N–H and O–H groups in total. The quantitative estimate of drug-likeness (QED) is 0.792. The predicted octanol–water partition coefficient (Wildman–Crippen LogP) is 3.48. The minimum absolute atomic E-state index is 0.0653. The van der Waals surface area contributed by atoms with Crippen LogP contribution < -0.4 is 10.5 Å². The summed E-state index contributed by atoms with van der Waals surface area (Å²) in [5.74, 6) is 0.855. The second-order valence-corrected chi connectivity index (χ2v) is 5.22. The topological polar surface area (TPSA) is 44.5 Å². The Morgan fingerprint density at radius 2 is 1.62 bits per heavy atom. The third-order valence-electron chi connectivity index (χ3n) is 3.28. The van der Waals surface area contributed by atoms with Gasteiger partial charge in [0.05, 0.1) is 12.7 Å². The lowest BCUT2D eigenvalue weighted by Crippen LogP contribution is -2.28. The van der Waals surface area contributed by atoms with Crippen molar-refractivity contribution in [1.29, 1.82) is 0 Å². The molecule has 0 spiro atoms. The molecule has 0 saturated heterocycles. The summed E-state index contributed by atoms with van der Waals surface area (Å²) in [5.41, 5.74) is 8.37. The number of nitrogens with two attached hydrogens (primary N) is 1. The van der Waals surface area contributed by atoms with Crippen LogP contribution in [0.5, 0.6) is 5.75 Å². The van der Waals surface area contributed by atoms with E-state index < -0.39 is 0 Å². The molecule has 2 aromatic carbocycles. The highest BCUT2D eigenvalue weighted by Gasteiger charge is 2.16. The summed E-state index contributed by atoms with van der Waals surface area (Å²) >= 11 is 0. The molecule has 0 aliphatic heterocycles. The first-order valence-corrected chi connectivity index (χ1v) is 7.28. The van der Waals surface area contributed by atoms with E-state index in [0.717, 1.165) is 11.3 Å². The van der Waals surface area contributed by atoms with Gasteiger partial charge in [0.2, 0.25) is 0 Å². The van der Waals surface area contributed by atoms with E-state index in [2.05, 4.69) is 31.2 Å². The molecular weight excluding hydrogens is 262 g/mol. The summed E-state index contributed by atoms with van der Waals surface area (Å²) in [4.78, 5) is 0. The Hall–Kier alpha value is -1.84. The lowest BCUT2D eigenvalue weighted by atomic mass is 10.0. The maximum absolute atomic E-state index is 6.03. The summed E-state index contributed by atoms with van der Waals surface area (Å²) in [6.45, 7) is 5.05. The van der Waals surface area contributed by atoms with Crippen LogP contribution in [0, 0.1) is 6.92 Å². The number of para-hydroxylation sites is 1. The number of hydrogen-bond acceptors (Lipinski definition) is 3. The van der Waals surface area contributed by atoms with E-state index in [4.69, 9.17) is 15.2 Å². The van der Waals surface area contributed by atoms with Crippen molar-refractivity contribution in [3.8, 4) is 5.75 Å². The van der Waals surface area contributed by atoms with Crippen LogP contribution in [0.2, 0.25) is 0 Å². The molecule has 21 heavy (non-hydrogen) atoms. The molecule has 3 nitrogen and oxygen atoms in total. The van der Waals surface area contributed by atoms with Crippen molar-refractivity contribution in [3.63, 3.8) is 0 Å². The lowest BCUT2D eigenvalue weighted by Gasteiger charge is -2.22. The normalized spacial score (nSPS) is 13.7. The first kappa shape index (κ1) is 15.5. The monoisotopic (exact) mass is 285 g/mol. The molecule has 0 bridgehead atoms. The second-order valence-electron chi connectivity index (χ2n) is 5.22. The molecule has 0 fully saturated rings. The summed E-state index contributed by atoms with van der Waals surface area (Å²) in [6, 6.07) is 18.0. The van der Waals surface area contributed by atoms with Gasteiger partial charge in [-0.15, -0.1) is 0 Å². The first-order valence-electron chi connectivity index (χ1n) is 7.28. The smallest absolute Gasteiger partial charge is 0.119 e. The van der Waals surface area contributed by atoms with E-state index >= 15 is 0 Å². The second kappa shape index (κ2) is 7.81. The maximum Gasteiger partial charge on any atom is 0.119 e. The molecule has 112 valence electrons. The van der Waals surface area contributed by atoms with Gasteiger partial charge in [-0.1, -0.05) is 48.0 Å². The lowest BCUT2D eigenvalue weighted by molar-refractivity contribution is 0.0208. The van der Waals surface area contributed by atoms with Gasteiger partial charge in [-0.3, -0.25) is 0 Å². The fourth-order valence-corrected chi connectivity index (χ4v) is 2.16. The van der Waals surface area contributed by atoms with E-state index in [9.17, 15) is 0 Å². The molecular formula is C18H23NO2. The molecule has 0 aromatic heterocycles. The zero-order chi connectivity index (χ0) is 15.1. The highest BCUT2D eigenvalue weighted by Crippen LogP contribution is 2.20. The Balaban J connectivity index is 1.85. The number of ether oxygens (including phenoxy) is 2. The summed E-state index contributed by atoms with van der Waals surface area (Å²) < 4.78 is 11.5. The standard InChI is InChI=1S/C18H23NO2/c1-14-8-10-16(11-9-14)18(15(2)19)21-13-12-20-17-6-4-3-5-7-17/h3-11,15,18H,12-13,19H2,1-2H3. The SMILES string of the molecule is Cc1ccc(C(OCCOc2ccccc2)C(C)N)cc1. The molecule has 3 heteroatoms. The van der Waals surface area contributed by atoms with E-state index in [1.165, 1.54) is 5.56 Å². The zero-order valence-electron chi connectivity index (χ0n) is 12.7. The molecule has 2 unspecified atom stereocenters. The molecule has 2 atom stereocenters. The van der Waals surface area contributed by atoms with Crippen molar-refractivity contribution in [3.05, 3.63) is 65.7 Å². The third-order valence-corrected chi connectivity index (χ3v) is 3.28. The number of rotatable bonds is 7. The summed E-state index contributed by atoms with van der Waals surface area (Å²) in [7, 11) is 0. The van der Waals surface area contributed by atoms with Crippen LogP contribution in [-0.4, -0.2) is 19.3 Å². The Morgan fingerprint density at radius 1 is 0.952 bits per heavy atom. The van der Waals surface area contributed by atoms with Gasteiger partial charge in [0.25, 0.3) is 0 Å². The molecule has 0 aliphatic rings. The highest BCUT2D eigenvalue weighted by atomic mass is 16.5. The van der Waals surface area contributed by atoms with Crippen molar-refractivity contribution in [2.45, 2.75) is 26.0 Å². The van der Waals surface area contributed by atoms with Gasteiger partial charge in [-0.2, -0.15) is 0 Å². The van der Waals surface area contributed by atoms with Crippen molar-refractivity contribution in [2.75, 3.05) is 13.2 Å². The average molecular weight is 285 g/mol. The van der Waals surface area contributed by atoms with Crippen LogP contribution in [0.3, 0.4) is 0 Å². The van der Waals surface area contributed by atoms with E-state index in [1.807, 2.05) is 37.3 Å². The van der Waals surface area contributed by atoms with Crippen LogP contribution in [0.15, 0.2) is 54.6 Å². The third kappa shape index (κ3) is 4.88. The predicted molar refractivity (Wildman–Crippen MR) is 85.5 cm³/mol. The zero-order valence-corrected chi connectivity index (χ0v) is 12.7. The van der Waals surface area contributed by atoms with Crippen molar-refractivity contribution >= 4 is 0 Å². The van der Waals surface area contributed by atoms with Gasteiger partial charge in [-0.05, 0) is 31.5 Å². The van der Waals surface area contributed by atoms with Gasteiger partial charge < -0.3 is 15.2 Å². The van der Waals surface area contributed by atoms with Crippen molar-refractivity contribution < 1.29 is 9.47 Å². The van der Waals surface area contributed by atoms with E-state index in [0.29, 0.717) is 13.2 Å². The largest absolute Gasteiger partial charge is 0.491 e. The molecule has 0 saturated carbocycles. The van der Waals surface area contributed by atoms with Crippen LogP contribution >= 0.6 is 0 Å². The molecule has 2 rings (SSSR count). The Bertz CT molecular complexity index is 523. The fourth-order valence-electron chi connectivity index (χ4n) is 2.16. The summed E-state index contributed by atoms with van der Waals surface area (Å²) in [6.07, 6.45) is -0.107. The van der Waals surface area contributed by atoms with E-state index in [-0.39, 0.29) is 12.1 Å². The number of benzene rings is 2. The number of hydrogen-bond donors (Lipinski definition) is 1. The molecule has 0 radical (unpaired) electrons. The Kier molecular flexibility index (Phi) is 5.78. The van der Waals surface area contributed by atoms with Gasteiger partial charge in [0, 0.05) is 6.04 Å².